The summed E-state index contributed by atoms with van der Waals surface area (Å²) in [6.07, 6.45) is 4.27. The highest BCUT2D eigenvalue weighted by Crippen LogP contribution is 2.51. The van der Waals surface area contributed by atoms with Crippen LogP contribution in [0.3, 0.4) is 0 Å². The smallest absolute Gasteiger partial charge is 0.322 e. The van der Waals surface area contributed by atoms with Crippen LogP contribution in [0.4, 0.5) is 14.9 Å². The SMILES string of the molecule is Cc1cc(CNC(=O)N2CC3(CCCC3)c3cccc(F)c32)on1. The number of amides is 2. The maximum atomic E-state index is 14.5. The second-order valence-corrected chi connectivity index (χ2v) is 6.80. The van der Waals surface area contributed by atoms with Crippen molar-refractivity contribution in [3.63, 3.8) is 0 Å². The molecule has 1 saturated carbocycles. The van der Waals surface area contributed by atoms with E-state index in [1.54, 1.807) is 17.0 Å². The first-order chi connectivity index (χ1) is 11.6. The topological polar surface area (TPSA) is 58.4 Å². The Morgan fingerprint density at radius 3 is 2.92 bits per heavy atom. The van der Waals surface area contributed by atoms with E-state index in [1.807, 2.05) is 13.0 Å². The van der Waals surface area contributed by atoms with Crippen LogP contribution in [0, 0.1) is 12.7 Å². The summed E-state index contributed by atoms with van der Waals surface area (Å²) in [4.78, 5) is 14.2. The maximum absolute atomic E-state index is 14.5. The lowest BCUT2D eigenvalue weighted by molar-refractivity contribution is 0.243. The first-order valence-electron chi connectivity index (χ1n) is 8.36. The summed E-state index contributed by atoms with van der Waals surface area (Å²) in [5, 5.41) is 6.62. The number of hydrogen-bond donors (Lipinski definition) is 1. The number of anilines is 1. The molecule has 6 heteroatoms. The van der Waals surface area contributed by atoms with Gasteiger partial charge in [0.05, 0.1) is 17.9 Å². The highest BCUT2D eigenvalue weighted by atomic mass is 19.1. The van der Waals surface area contributed by atoms with Crippen LogP contribution in [-0.4, -0.2) is 17.7 Å². The molecule has 2 aliphatic rings. The average molecular weight is 329 g/mol. The van der Waals surface area contributed by atoms with Crippen molar-refractivity contribution < 1.29 is 13.7 Å². The quantitative estimate of drug-likeness (QED) is 0.914. The van der Waals surface area contributed by atoms with Crippen molar-refractivity contribution in [1.29, 1.82) is 0 Å². The Labute approximate surface area is 139 Å². The van der Waals surface area contributed by atoms with Gasteiger partial charge in [-0.1, -0.05) is 30.1 Å². The molecule has 0 radical (unpaired) electrons. The van der Waals surface area contributed by atoms with Crippen LogP contribution in [0.5, 0.6) is 0 Å². The Bertz CT molecular complexity index is 780. The molecule has 1 aliphatic carbocycles. The molecule has 1 aromatic carbocycles. The maximum Gasteiger partial charge on any atom is 0.322 e. The Morgan fingerprint density at radius 2 is 2.21 bits per heavy atom. The van der Waals surface area contributed by atoms with Gasteiger partial charge in [0.25, 0.3) is 0 Å². The lowest BCUT2D eigenvalue weighted by atomic mass is 9.81. The number of nitrogens with one attached hydrogen (secondary N) is 1. The van der Waals surface area contributed by atoms with Crippen molar-refractivity contribution in [3.8, 4) is 0 Å². The third-order valence-corrected chi connectivity index (χ3v) is 5.19. The van der Waals surface area contributed by atoms with Gasteiger partial charge in [-0.05, 0) is 31.4 Å². The molecule has 1 aromatic heterocycles. The number of hydrogen-bond acceptors (Lipinski definition) is 3. The molecule has 2 aromatic rings. The molecule has 1 aliphatic heterocycles. The Morgan fingerprint density at radius 1 is 1.42 bits per heavy atom. The van der Waals surface area contributed by atoms with E-state index < -0.39 is 0 Å². The van der Waals surface area contributed by atoms with Crippen LogP contribution in [0.1, 0.15) is 42.7 Å². The van der Waals surface area contributed by atoms with Crippen LogP contribution in [0.25, 0.3) is 0 Å². The van der Waals surface area contributed by atoms with Gasteiger partial charge < -0.3 is 9.84 Å². The molecule has 0 unspecified atom stereocenters. The molecular formula is C18H20FN3O2. The Kier molecular flexibility index (Phi) is 3.55. The first-order valence-corrected chi connectivity index (χ1v) is 8.36. The molecule has 1 spiro atoms. The molecule has 4 rings (SSSR count). The monoisotopic (exact) mass is 329 g/mol. The van der Waals surface area contributed by atoms with E-state index in [0.717, 1.165) is 36.9 Å². The van der Waals surface area contributed by atoms with Gasteiger partial charge in [-0.3, -0.25) is 4.90 Å². The van der Waals surface area contributed by atoms with Gasteiger partial charge in [-0.15, -0.1) is 0 Å². The van der Waals surface area contributed by atoms with E-state index in [-0.39, 0.29) is 23.8 Å². The highest BCUT2D eigenvalue weighted by molar-refractivity contribution is 5.95. The minimum absolute atomic E-state index is 0.0857. The van der Waals surface area contributed by atoms with Gasteiger partial charge in [-0.2, -0.15) is 0 Å². The number of carbonyl (C=O) groups is 1. The van der Waals surface area contributed by atoms with E-state index in [2.05, 4.69) is 10.5 Å². The van der Waals surface area contributed by atoms with Crippen molar-refractivity contribution >= 4 is 11.7 Å². The van der Waals surface area contributed by atoms with Gasteiger partial charge in [0.1, 0.15) is 5.82 Å². The predicted octanol–water partition coefficient (Wildman–Crippen LogP) is 3.66. The van der Waals surface area contributed by atoms with E-state index >= 15 is 0 Å². The number of halogens is 1. The molecule has 126 valence electrons. The third-order valence-electron chi connectivity index (χ3n) is 5.19. The molecule has 0 bridgehead atoms. The largest absolute Gasteiger partial charge is 0.359 e. The van der Waals surface area contributed by atoms with Gasteiger partial charge in [0.2, 0.25) is 0 Å². The summed E-state index contributed by atoms with van der Waals surface area (Å²) in [6.45, 7) is 2.61. The summed E-state index contributed by atoms with van der Waals surface area (Å²) in [6, 6.07) is 6.62. The van der Waals surface area contributed by atoms with Crippen molar-refractivity contribution in [3.05, 3.63) is 47.1 Å². The van der Waals surface area contributed by atoms with Gasteiger partial charge in [0, 0.05) is 18.0 Å². The normalized spacial score (nSPS) is 18.2. The van der Waals surface area contributed by atoms with Crippen LogP contribution in [0.2, 0.25) is 0 Å². The predicted molar refractivity (Wildman–Crippen MR) is 87.4 cm³/mol. The number of para-hydroxylation sites is 1. The Balaban J connectivity index is 1.58. The molecule has 5 nitrogen and oxygen atoms in total. The number of nitrogens with zero attached hydrogens (tertiary/aromatic N) is 2. The van der Waals surface area contributed by atoms with E-state index in [9.17, 15) is 9.18 Å². The second-order valence-electron chi connectivity index (χ2n) is 6.80. The van der Waals surface area contributed by atoms with Crippen LogP contribution < -0.4 is 10.2 Å². The lowest BCUT2D eigenvalue weighted by Gasteiger charge is -2.24. The molecule has 2 amide bonds. The molecule has 0 atom stereocenters. The van der Waals surface area contributed by atoms with Gasteiger partial charge in [0.15, 0.2) is 5.76 Å². The van der Waals surface area contributed by atoms with Crippen LogP contribution in [0.15, 0.2) is 28.8 Å². The summed E-state index contributed by atoms with van der Waals surface area (Å²) in [7, 11) is 0. The molecule has 1 fully saturated rings. The zero-order valence-corrected chi connectivity index (χ0v) is 13.6. The first kappa shape index (κ1) is 15.2. The van der Waals surface area contributed by atoms with Crippen molar-refractivity contribution in [2.45, 2.75) is 44.6 Å². The van der Waals surface area contributed by atoms with Crippen molar-refractivity contribution in [2.75, 3.05) is 11.4 Å². The Hall–Kier alpha value is -2.37. The number of aromatic nitrogens is 1. The fraction of sp³-hybridized carbons (Fsp3) is 0.444. The minimum atomic E-state index is -0.332. The fourth-order valence-electron chi connectivity index (χ4n) is 4.09. The minimum Gasteiger partial charge on any atom is -0.359 e. The number of urea groups is 1. The number of rotatable bonds is 2. The zero-order valence-electron chi connectivity index (χ0n) is 13.6. The van der Waals surface area contributed by atoms with E-state index in [1.165, 1.54) is 6.07 Å². The summed E-state index contributed by atoms with van der Waals surface area (Å²) >= 11 is 0. The third kappa shape index (κ3) is 2.37. The average Bonchev–Trinajstić information content (AvgIpc) is 3.27. The molecule has 2 heterocycles. The van der Waals surface area contributed by atoms with E-state index in [4.69, 9.17) is 4.52 Å². The van der Waals surface area contributed by atoms with Crippen molar-refractivity contribution in [1.82, 2.24) is 10.5 Å². The van der Waals surface area contributed by atoms with Gasteiger partial charge >= 0.3 is 6.03 Å². The lowest BCUT2D eigenvalue weighted by Crippen LogP contribution is -2.42. The number of carbonyl (C=O) groups excluding carboxylic acids is 1. The molecule has 1 N–H and O–H groups in total. The van der Waals surface area contributed by atoms with Crippen LogP contribution in [-0.2, 0) is 12.0 Å². The molecular weight excluding hydrogens is 309 g/mol. The van der Waals surface area contributed by atoms with E-state index in [0.29, 0.717) is 18.0 Å². The number of aryl methyl sites for hydroxylation is 1. The fourth-order valence-corrected chi connectivity index (χ4v) is 4.09. The van der Waals surface area contributed by atoms with Gasteiger partial charge in [-0.25, -0.2) is 9.18 Å². The zero-order chi connectivity index (χ0) is 16.7. The van der Waals surface area contributed by atoms with Crippen molar-refractivity contribution in [2.24, 2.45) is 0 Å². The summed E-state index contributed by atoms with van der Waals surface area (Å²) in [5.41, 5.74) is 2.09. The molecule has 24 heavy (non-hydrogen) atoms. The standard InChI is InChI=1S/C18H20FN3O2/c1-12-9-13(24-21-12)10-20-17(23)22-11-18(7-2-3-8-18)14-5-4-6-15(19)16(14)22/h4-6,9H,2-3,7-8,10-11H2,1H3,(H,20,23). The molecule has 0 saturated heterocycles. The highest BCUT2D eigenvalue weighted by Gasteiger charge is 2.47. The summed E-state index contributed by atoms with van der Waals surface area (Å²) in [5.74, 6) is 0.256. The number of fused-ring (bicyclic) bond motifs is 2. The second kappa shape index (κ2) is 5.61. The van der Waals surface area contributed by atoms with Crippen LogP contribution >= 0.6 is 0 Å². The summed E-state index contributed by atoms with van der Waals surface area (Å²) < 4.78 is 19.6. The number of benzene rings is 1.